The van der Waals surface area contributed by atoms with E-state index in [1.54, 1.807) is 0 Å². The van der Waals surface area contributed by atoms with Crippen LogP contribution in [0.4, 0.5) is 0 Å². The number of fused-ring (bicyclic) bond motifs is 1. The van der Waals surface area contributed by atoms with Crippen LogP contribution in [0, 0.1) is 11.8 Å². The maximum absolute atomic E-state index is 13.1. The minimum Gasteiger partial charge on any atom is -0.385 e. The van der Waals surface area contributed by atoms with Gasteiger partial charge in [-0.25, -0.2) is 4.99 Å². The van der Waals surface area contributed by atoms with Crippen molar-refractivity contribution in [2.45, 2.75) is 38.1 Å². The zero-order chi connectivity index (χ0) is 27.5. The van der Waals surface area contributed by atoms with Crippen LogP contribution in [0.15, 0.2) is 69.9 Å². The minimum absolute atomic E-state index is 0.0746. The van der Waals surface area contributed by atoms with Gasteiger partial charge in [0.15, 0.2) is 0 Å². The molecule has 206 valence electrons. The molecule has 1 fully saturated rings. The Morgan fingerprint density at radius 1 is 1.21 bits per heavy atom. The first-order valence-corrected chi connectivity index (χ1v) is 13.8. The lowest BCUT2D eigenvalue weighted by molar-refractivity contribution is -0.133. The van der Waals surface area contributed by atoms with E-state index in [4.69, 9.17) is 5.73 Å². The van der Waals surface area contributed by atoms with Crippen LogP contribution in [0.25, 0.3) is 0 Å². The first kappa shape index (κ1) is 26.9. The van der Waals surface area contributed by atoms with Crippen molar-refractivity contribution in [2.75, 3.05) is 40.3 Å². The van der Waals surface area contributed by atoms with Crippen molar-refractivity contribution < 1.29 is 9.59 Å². The smallest absolute Gasteiger partial charge is 0.251 e. The van der Waals surface area contributed by atoms with Crippen molar-refractivity contribution in [3.63, 3.8) is 0 Å². The number of carbonyl (C=O) groups excluding carboxylic acids is 2. The number of nitrogens with one attached hydrogen (secondary N) is 1. The van der Waals surface area contributed by atoms with Crippen LogP contribution >= 0.6 is 0 Å². The van der Waals surface area contributed by atoms with Gasteiger partial charge in [-0.15, -0.1) is 0 Å². The maximum atomic E-state index is 13.1. The Morgan fingerprint density at radius 2 is 2.00 bits per heavy atom. The number of aliphatic imine (C=N–C) groups is 1. The van der Waals surface area contributed by atoms with Gasteiger partial charge in [0.2, 0.25) is 5.91 Å². The summed E-state index contributed by atoms with van der Waals surface area (Å²) in [5.41, 5.74) is 10.4. The molecule has 5 rings (SSSR count). The Hall–Kier alpha value is -3.72. The maximum Gasteiger partial charge on any atom is 0.251 e. The largest absolute Gasteiger partial charge is 0.385 e. The molecular weight excluding hydrogens is 490 g/mol. The van der Waals surface area contributed by atoms with Gasteiger partial charge in [0.05, 0.1) is 6.54 Å². The van der Waals surface area contributed by atoms with Crippen LogP contribution < -0.4 is 11.1 Å². The third-order valence-corrected chi connectivity index (χ3v) is 7.99. The van der Waals surface area contributed by atoms with Crippen molar-refractivity contribution in [2.24, 2.45) is 27.7 Å². The van der Waals surface area contributed by atoms with Crippen LogP contribution in [0.2, 0.25) is 0 Å². The molecule has 9 nitrogen and oxygen atoms in total. The van der Waals surface area contributed by atoms with Gasteiger partial charge in [-0.05, 0) is 57.0 Å². The Labute approximate surface area is 230 Å². The number of hydrogen-bond acceptors (Lipinski definition) is 7. The number of piperidine rings is 1. The lowest BCUT2D eigenvalue weighted by atomic mass is 9.89. The first-order valence-electron chi connectivity index (χ1n) is 13.8. The molecule has 3 heterocycles. The van der Waals surface area contributed by atoms with E-state index in [0.717, 1.165) is 43.6 Å². The molecule has 2 amide bonds. The lowest BCUT2D eigenvalue weighted by Gasteiger charge is -2.36. The lowest BCUT2D eigenvalue weighted by Crippen LogP contribution is -2.46. The summed E-state index contributed by atoms with van der Waals surface area (Å²) in [7, 11) is 3.83. The molecule has 0 aromatic heterocycles. The zero-order valence-corrected chi connectivity index (χ0v) is 23.1. The molecule has 1 saturated heterocycles. The Balaban J connectivity index is 1.31. The van der Waals surface area contributed by atoms with Crippen molar-refractivity contribution in [3.8, 4) is 0 Å². The average molecular weight is 530 g/mol. The molecule has 0 bridgehead atoms. The normalized spacial score (nSPS) is 24.8. The number of hydrogen-bond donors (Lipinski definition) is 2. The summed E-state index contributed by atoms with van der Waals surface area (Å²) in [4.78, 5) is 33.8. The first-order chi connectivity index (χ1) is 18.8. The van der Waals surface area contributed by atoms with E-state index in [1.807, 2.05) is 53.2 Å². The van der Waals surface area contributed by atoms with Crippen LogP contribution in [0.3, 0.4) is 0 Å². The third kappa shape index (κ3) is 5.98. The number of amides is 2. The summed E-state index contributed by atoms with van der Waals surface area (Å²) in [6.45, 7) is 4.61. The van der Waals surface area contributed by atoms with Gasteiger partial charge in [-0.2, -0.15) is 5.10 Å². The highest BCUT2D eigenvalue weighted by atomic mass is 16.2. The predicted octanol–water partition coefficient (Wildman–Crippen LogP) is 2.70. The second-order valence-corrected chi connectivity index (χ2v) is 11.3. The highest BCUT2D eigenvalue weighted by Gasteiger charge is 2.42. The summed E-state index contributed by atoms with van der Waals surface area (Å²) < 4.78 is 0. The van der Waals surface area contributed by atoms with Crippen molar-refractivity contribution in [3.05, 3.63) is 71.0 Å². The highest BCUT2D eigenvalue weighted by Crippen LogP contribution is 2.42. The predicted molar refractivity (Wildman–Crippen MR) is 154 cm³/mol. The Morgan fingerprint density at radius 3 is 2.74 bits per heavy atom. The molecule has 0 spiro atoms. The van der Waals surface area contributed by atoms with Gasteiger partial charge in [0, 0.05) is 42.7 Å². The standard InChI is InChI=1S/C30H39N7O2/c1-20-6-4-7-21(14-20)17-32-30(39)24-9-5-8-23(15-24)25-16-26(37-28(25)29(31)33-19-34-37)22-10-12-36(13-11-22)27(38)18-35(2)3/h4-9,15-16,19-20,22,25,28H,10-14,17-18H2,1-3H3,(H,32,39)(H2,31,33,34). The SMILES string of the molecule is CC1C=CC=C(CNC(=O)c2cccc(C3C=C(C4CCN(C(=O)CN(C)C)CC4)N4N=CN=C(N)C34)c2)C1. The van der Waals surface area contributed by atoms with E-state index < -0.39 is 0 Å². The van der Waals surface area contributed by atoms with Crippen LogP contribution in [-0.2, 0) is 4.79 Å². The molecule has 39 heavy (non-hydrogen) atoms. The monoisotopic (exact) mass is 529 g/mol. The number of nitrogens with two attached hydrogens (primary N) is 1. The molecule has 1 aliphatic carbocycles. The Bertz CT molecular complexity index is 1250. The Kier molecular flexibility index (Phi) is 7.97. The van der Waals surface area contributed by atoms with Gasteiger partial charge >= 0.3 is 0 Å². The second kappa shape index (κ2) is 11.6. The van der Waals surface area contributed by atoms with Gasteiger partial charge in [0.25, 0.3) is 5.91 Å². The third-order valence-electron chi connectivity index (χ3n) is 7.99. The molecule has 4 aliphatic rings. The minimum atomic E-state index is -0.225. The zero-order valence-electron chi connectivity index (χ0n) is 23.1. The van der Waals surface area contributed by atoms with Gasteiger partial charge < -0.3 is 20.9 Å². The van der Waals surface area contributed by atoms with E-state index in [9.17, 15) is 9.59 Å². The van der Waals surface area contributed by atoms with Crippen LogP contribution in [-0.4, -0.2) is 85.1 Å². The number of likely N-dealkylation sites (tertiary alicyclic amines) is 1. The number of carbonyl (C=O) groups is 2. The summed E-state index contributed by atoms with van der Waals surface area (Å²) >= 11 is 0. The van der Waals surface area contributed by atoms with Gasteiger partial charge in [-0.3, -0.25) is 14.6 Å². The van der Waals surface area contributed by atoms with E-state index in [0.29, 0.717) is 30.4 Å². The second-order valence-electron chi connectivity index (χ2n) is 11.3. The molecule has 3 atom stereocenters. The van der Waals surface area contributed by atoms with Crippen molar-refractivity contribution in [1.29, 1.82) is 0 Å². The quantitative estimate of drug-likeness (QED) is 0.565. The van der Waals surface area contributed by atoms with Gasteiger partial charge in [0.1, 0.15) is 18.2 Å². The van der Waals surface area contributed by atoms with Crippen molar-refractivity contribution >= 4 is 24.0 Å². The molecule has 0 radical (unpaired) electrons. The van der Waals surface area contributed by atoms with Crippen LogP contribution in [0.5, 0.6) is 0 Å². The molecule has 1 aromatic carbocycles. The number of benzene rings is 1. The number of likely N-dealkylation sites (N-methyl/N-ethyl adjacent to an activating group) is 1. The topological polar surface area (TPSA) is 107 Å². The number of hydrazone groups is 1. The molecule has 3 N–H and O–H groups in total. The number of rotatable bonds is 7. The van der Waals surface area contributed by atoms with Crippen molar-refractivity contribution in [1.82, 2.24) is 20.1 Å². The fourth-order valence-corrected chi connectivity index (χ4v) is 5.98. The number of allylic oxidation sites excluding steroid dienone is 4. The average Bonchev–Trinajstić information content (AvgIpc) is 3.33. The molecular formula is C30H39N7O2. The van der Waals surface area contributed by atoms with Gasteiger partial charge in [-0.1, -0.05) is 48.9 Å². The number of amidine groups is 1. The summed E-state index contributed by atoms with van der Waals surface area (Å²) in [6, 6.07) is 7.56. The molecule has 1 aromatic rings. The molecule has 0 saturated carbocycles. The molecule has 3 aliphatic heterocycles. The fourth-order valence-electron chi connectivity index (χ4n) is 5.98. The van der Waals surface area contributed by atoms with E-state index in [2.05, 4.69) is 46.6 Å². The van der Waals surface area contributed by atoms with E-state index in [1.165, 1.54) is 11.9 Å². The summed E-state index contributed by atoms with van der Waals surface area (Å²) in [5, 5.41) is 9.70. The molecule has 3 unspecified atom stereocenters. The van der Waals surface area contributed by atoms with E-state index in [-0.39, 0.29) is 29.7 Å². The summed E-state index contributed by atoms with van der Waals surface area (Å²) in [5.74, 6) is 1.29. The highest BCUT2D eigenvalue weighted by molar-refractivity contribution is 5.96. The fraction of sp³-hybridized carbons (Fsp3) is 0.467. The molecule has 9 heteroatoms. The summed E-state index contributed by atoms with van der Waals surface area (Å²) in [6.07, 6.45) is 12.8. The van der Waals surface area contributed by atoms with Crippen LogP contribution in [0.1, 0.15) is 48.0 Å². The van der Waals surface area contributed by atoms with E-state index >= 15 is 0 Å². The number of nitrogens with zero attached hydrogens (tertiary/aromatic N) is 5.